The summed E-state index contributed by atoms with van der Waals surface area (Å²) in [4.78, 5) is 12.9. The molecule has 2 rings (SSSR count). The van der Waals surface area contributed by atoms with Crippen molar-refractivity contribution in [2.45, 2.75) is 12.6 Å². The lowest BCUT2D eigenvalue weighted by molar-refractivity contribution is -0.122. The number of fused-ring (bicyclic) bond motifs is 1. The Morgan fingerprint density at radius 1 is 1.35 bits per heavy atom. The summed E-state index contributed by atoms with van der Waals surface area (Å²) in [7, 11) is 0. The molecule has 0 saturated carbocycles. The van der Waals surface area contributed by atoms with Crippen molar-refractivity contribution in [2.75, 3.05) is 18.0 Å². The number of para-hydroxylation sites is 1. The van der Waals surface area contributed by atoms with E-state index in [4.69, 9.17) is 0 Å². The van der Waals surface area contributed by atoms with Crippen molar-refractivity contribution in [2.24, 2.45) is 0 Å². The Labute approximate surface area is 96.2 Å². The average molecular weight is 244 g/mol. The SMILES string of the molecule is O=C(NCC(F)(F)F)N1CCc2ccccc21. The molecule has 0 saturated heterocycles. The molecule has 17 heavy (non-hydrogen) atoms. The zero-order valence-electron chi connectivity index (χ0n) is 8.92. The molecule has 1 aromatic carbocycles. The number of anilines is 1. The third kappa shape index (κ3) is 2.69. The Kier molecular flexibility index (Phi) is 2.95. The summed E-state index contributed by atoms with van der Waals surface area (Å²) in [6, 6.07) is 6.50. The van der Waals surface area contributed by atoms with Crippen molar-refractivity contribution in [3.63, 3.8) is 0 Å². The number of rotatable bonds is 1. The largest absolute Gasteiger partial charge is 0.405 e. The zero-order valence-corrected chi connectivity index (χ0v) is 8.92. The van der Waals surface area contributed by atoms with Gasteiger partial charge in [-0.15, -0.1) is 0 Å². The molecule has 0 unspecified atom stereocenters. The van der Waals surface area contributed by atoms with Crippen molar-refractivity contribution in [3.8, 4) is 0 Å². The Bertz CT molecular complexity index is 431. The maximum atomic E-state index is 12.0. The topological polar surface area (TPSA) is 32.3 Å². The lowest BCUT2D eigenvalue weighted by atomic mass is 10.2. The summed E-state index contributed by atoms with van der Waals surface area (Å²) >= 11 is 0. The molecule has 1 aromatic rings. The molecule has 6 heteroatoms. The summed E-state index contributed by atoms with van der Waals surface area (Å²) in [5.41, 5.74) is 1.67. The molecule has 0 aliphatic carbocycles. The van der Waals surface area contributed by atoms with Gasteiger partial charge in [-0.25, -0.2) is 4.79 Å². The number of nitrogens with one attached hydrogen (secondary N) is 1. The number of amides is 2. The quantitative estimate of drug-likeness (QED) is 0.807. The molecule has 0 radical (unpaired) electrons. The van der Waals surface area contributed by atoms with Gasteiger partial charge in [0.15, 0.2) is 0 Å². The van der Waals surface area contributed by atoms with E-state index in [1.54, 1.807) is 12.1 Å². The number of nitrogens with zero attached hydrogens (tertiary/aromatic N) is 1. The summed E-state index contributed by atoms with van der Waals surface area (Å²) in [6.07, 6.45) is -3.70. The van der Waals surface area contributed by atoms with E-state index in [9.17, 15) is 18.0 Å². The van der Waals surface area contributed by atoms with Crippen LogP contribution in [0, 0.1) is 0 Å². The number of hydrogen-bond acceptors (Lipinski definition) is 1. The minimum atomic E-state index is -4.38. The fraction of sp³-hybridized carbons (Fsp3) is 0.364. The van der Waals surface area contributed by atoms with Gasteiger partial charge in [0.25, 0.3) is 0 Å². The first-order chi connectivity index (χ1) is 7.97. The lowest BCUT2D eigenvalue weighted by Crippen LogP contribution is -2.43. The van der Waals surface area contributed by atoms with Crippen LogP contribution >= 0.6 is 0 Å². The van der Waals surface area contributed by atoms with Crippen LogP contribution in [0.4, 0.5) is 23.7 Å². The summed E-state index contributed by atoms with van der Waals surface area (Å²) < 4.78 is 35.9. The van der Waals surface area contributed by atoms with Gasteiger partial charge in [0.1, 0.15) is 6.54 Å². The van der Waals surface area contributed by atoms with Gasteiger partial charge >= 0.3 is 12.2 Å². The highest BCUT2D eigenvalue weighted by Gasteiger charge is 2.30. The van der Waals surface area contributed by atoms with Gasteiger partial charge < -0.3 is 5.32 Å². The van der Waals surface area contributed by atoms with Gasteiger partial charge in [0.2, 0.25) is 0 Å². The smallest absolute Gasteiger partial charge is 0.329 e. The van der Waals surface area contributed by atoms with Crippen LogP contribution in [-0.4, -0.2) is 25.3 Å². The normalized spacial score (nSPS) is 14.6. The number of carbonyl (C=O) groups excluding carboxylic acids is 1. The second-order valence-electron chi connectivity index (χ2n) is 3.80. The van der Waals surface area contributed by atoms with Crippen molar-refractivity contribution in [1.82, 2.24) is 5.32 Å². The van der Waals surface area contributed by atoms with E-state index in [1.165, 1.54) is 4.90 Å². The molecular weight excluding hydrogens is 233 g/mol. The Hall–Kier alpha value is -1.72. The monoisotopic (exact) mass is 244 g/mol. The molecule has 3 nitrogen and oxygen atoms in total. The molecule has 1 aliphatic rings. The van der Waals surface area contributed by atoms with Crippen LogP contribution in [0.3, 0.4) is 0 Å². The Morgan fingerprint density at radius 3 is 2.76 bits per heavy atom. The van der Waals surface area contributed by atoms with Crippen molar-refractivity contribution < 1.29 is 18.0 Å². The highest BCUT2D eigenvalue weighted by Crippen LogP contribution is 2.27. The molecule has 0 fully saturated rings. The first-order valence-electron chi connectivity index (χ1n) is 5.17. The second kappa shape index (κ2) is 4.27. The molecule has 92 valence electrons. The third-order valence-electron chi connectivity index (χ3n) is 2.57. The standard InChI is InChI=1S/C11H11F3N2O/c12-11(13,14)7-15-10(17)16-6-5-8-3-1-2-4-9(8)16/h1-4H,5-7H2,(H,15,17). The number of alkyl halides is 3. The van der Waals surface area contributed by atoms with Gasteiger partial charge in [0.05, 0.1) is 0 Å². The Balaban J connectivity index is 2.03. The van der Waals surface area contributed by atoms with Crippen molar-refractivity contribution in [3.05, 3.63) is 29.8 Å². The molecule has 1 aliphatic heterocycles. The average Bonchev–Trinajstić information content (AvgIpc) is 2.68. The van der Waals surface area contributed by atoms with E-state index >= 15 is 0 Å². The molecule has 1 N–H and O–H groups in total. The predicted octanol–water partition coefficient (Wildman–Crippen LogP) is 2.32. The number of carbonyl (C=O) groups is 1. The van der Waals surface area contributed by atoms with Crippen molar-refractivity contribution in [1.29, 1.82) is 0 Å². The van der Waals surface area contributed by atoms with Crippen LogP contribution in [0.5, 0.6) is 0 Å². The molecular formula is C11H11F3N2O. The highest BCUT2D eigenvalue weighted by atomic mass is 19.4. The van der Waals surface area contributed by atoms with Gasteiger partial charge in [-0.3, -0.25) is 4.90 Å². The van der Waals surface area contributed by atoms with E-state index in [2.05, 4.69) is 0 Å². The number of urea groups is 1. The highest BCUT2D eigenvalue weighted by molar-refractivity contribution is 5.94. The van der Waals surface area contributed by atoms with E-state index in [1.807, 2.05) is 17.4 Å². The van der Waals surface area contributed by atoms with Gasteiger partial charge in [-0.05, 0) is 18.1 Å². The van der Waals surface area contributed by atoms with Gasteiger partial charge in [0, 0.05) is 12.2 Å². The van der Waals surface area contributed by atoms with Crippen LogP contribution in [-0.2, 0) is 6.42 Å². The molecule has 1 heterocycles. The van der Waals surface area contributed by atoms with Crippen LogP contribution < -0.4 is 10.2 Å². The van der Waals surface area contributed by atoms with Gasteiger partial charge in [-0.1, -0.05) is 18.2 Å². The van der Waals surface area contributed by atoms with Crippen LogP contribution in [0.1, 0.15) is 5.56 Å². The fourth-order valence-electron chi connectivity index (χ4n) is 1.82. The second-order valence-corrected chi connectivity index (χ2v) is 3.80. The summed E-state index contributed by atoms with van der Waals surface area (Å²) in [6.45, 7) is -0.881. The van der Waals surface area contributed by atoms with Crippen molar-refractivity contribution >= 4 is 11.7 Å². The first kappa shape index (κ1) is 11.8. The maximum Gasteiger partial charge on any atom is 0.405 e. The third-order valence-corrected chi connectivity index (χ3v) is 2.57. The van der Waals surface area contributed by atoms with E-state index < -0.39 is 18.8 Å². The minimum absolute atomic E-state index is 0.420. The fourth-order valence-corrected chi connectivity index (χ4v) is 1.82. The number of halogens is 3. The maximum absolute atomic E-state index is 12.0. The zero-order chi connectivity index (χ0) is 12.5. The van der Waals surface area contributed by atoms with Crippen LogP contribution in [0.15, 0.2) is 24.3 Å². The first-order valence-corrected chi connectivity index (χ1v) is 5.17. The Morgan fingerprint density at radius 2 is 2.06 bits per heavy atom. The van der Waals surface area contributed by atoms with Gasteiger partial charge in [-0.2, -0.15) is 13.2 Å². The lowest BCUT2D eigenvalue weighted by Gasteiger charge is -2.18. The molecule has 0 bridgehead atoms. The minimum Gasteiger partial charge on any atom is -0.329 e. The molecule has 0 spiro atoms. The van der Waals surface area contributed by atoms with E-state index in [0.717, 1.165) is 5.56 Å². The number of hydrogen-bond donors (Lipinski definition) is 1. The molecule has 0 atom stereocenters. The van der Waals surface area contributed by atoms with Crippen LogP contribution in [0.25, 0.3) is 0 Å². The molecule has 0 aromatic heterocycles. The number of benzene rings is 1. The van der Waals surface area contributed by atoms with E-state index in [-0.39, 0.29) is 0 Å². The van der Waals surface area contributed by atoms with E-state index in [0.29, 0.717) is 18.7 Å². The molecule has 2 amide bonds. The summed E-state index contributed by atoms with van der Waals surface area (Å²) in [5.74, 6) is 0. The van der Waals surface area contributed by atoms with Crippen LogP contribution in [0.2, 0.25) is 0 Å². The summed E-state index contributed by atoms with van der Waals surface area (Å²) in [5, 5.41) is 1.87. The predicted molar refractivity (Wildman–Crippen MR) is 56.9 cm³/mol.